The first-order chi connectivity index (χ1) is 8.26. The van der Waals surface area contributed by atoms with Gasteiger partial charge in [0.2, 0.25) is 0 Å². The van der Waals surface area contributed by atoms with Gasteiger partial charge in [-0.25, -0.2) is 0 Å². The van der Waals surface area contributed by atoms with Crippen LogP contribution in [0.3, 0.4) is 0 Å². The van der Waals surface area contributed by atoms with Gasteiger partial charge in [0, 0.05) is 16.2 Å². The smallest absolute Gasteiger partial charge is 0.0353 e. The number of anilines is 1. The average Bonchev–Trinajstić information content (AvgIpc) is 2.11. The number of halogens is 1. The highest BCUT2D eigenvalue weighted by Gasteiger charge is 2.38. The van der Waals surface area contributed by atoms with Crippen molar-refractivity contribution >= 4 is 21.6 Å². The quantitative estimate of drug-likeness (QED) is 0.764. The Bertz CT molecular complexity index is 407. The molecule has 2 heteroatoms. The van der Waals surface area contributed by atoms with Crippen molar-refractivity contribution in [3.8, 4) is 0 Å². The summed E-state index contributed by atoms with van der Waals surface area (Å²) < 4.78 is 1.14. The van der Waals surface area contributed by atoms with Gasteiger partial charge in [0.05, 0.1) is 0 Å². The number of rotatable bonds is 2. The Morgan fingerprint density at radius 3 is 2.28 bits per heavy atom. The molecule has 1 fully saturated rings. The molecule has 2 rings (SSSR count). The summed E-state index contributed by atoms with van der Waals surface area (Å²) in [6.45, 7) is 9.57. The maximum Gasteiger partial charge on any atom is 0.0353 e. The first kappa shape index (κ1) is 13.9. The Morgan fingerprint density at radius 1 is 1.11 bits per heavy atom. The lowest BCUT2D eigenvalue weighted by molar-refractivity contribution is 0.105. The normalized spacial score (nSPS) is 22.7. The first-order valence-electron chi connectivity index (χ1n) is 6.78. The maximum absolute atomic E-state index is 3.70. The Morgan fingerprint density at radius 2 is 1.72 bits per heavy atom. The van der Waals surface area contributed by atoms with Crippen molar-refractivity contribution in [2.45, 2.75) is 53.0 Å². The van der Waals surface area contributed by atoms with E-state index in [9.17, 15) is 0 Å². The zero-order valence-corrected chi connectivity index (χ0v) is 13.5. The van der Waals surface area contributed by atoms with Crippen LogP contribution in [0.5, 0.6) is 0 Å². The molecule has 1 nitrogen and oxygen atoms in total. The molecule has 0 amide bonds. The van der Waals surface area contributed by atoms with E-state index in [1.54, 1.807) is 0 Å². The molecule has 0 saturated heterocycles. The molecule has 100 valence electrons. The Balaban J connectivity index is 2.09. The maximum atomic E-state index is 3.70. The highest BCUT2D eigenvalue weighted by Crippen LogP contribution is 2.46. The Labute approximate surface area is 119 Å². The van der Waals surface area contributed by atoms with Crippen LogP contribution in [0.25, 0.3) is 0 Å². The van der Waals surface area contributed by atoms with Crippen molar-refractivity contribution in [1.82, 2.24) is 0 Å². The third-order valence-electron chi connectivity index (χ3n) is 3.75. The number of hydrogen-bond acceptors (Lipinski definition) is 1. The molecule has 0 bridgehead atoms. The third kappa shape index (κ3) is 3.74. The van der Waals surface area contributed by atoms with E-state index >= 15 is 0 Å². The molecule has 0 aliphatic heterocycles. The predicted octanol–water partition coefficient (Wildman–Crippen LogP) is 5.47. The summed E-state index contributed by atoms with van der Waals surface area (Å²) in [6, 6.07) is 9.05. The molecule has 1 aromatic carbocycles. The highest BCUT2D eigenvalue weighted by molar-refractivity contribution is 9.10. The van der Waals surface area contributed by atoms with Gasteiger partial charge in [-0.15, -0.1) is 0 Å². The largest absolute Gasteiger partial charge is 0.382 e. The molecule has 0 heterocycles. The summed E-state index contributed by atoms with van der Waals surface area (Å²) in [5.41, 5.74) is 2.10. The monoisotopic (exact) mass is 309 g/mol. The van der Waals surface area contributed by atoms with Crippen LogP contribution in [-0.4, -0.2) is 6.04 Å². The zero-order chi connectivity index (χ0) is 13.4. The molecule has 0 spiro atoms. The molecular weight excluding hydrogens is 286 g/mol. The SMILES string of the molecule is CC1(C)CC(Nc2cccc(Br)c2)CC(C)(C)C1. The third-order valence-corrected chi connectivity index (χ3v) is 4.24. The van der Waals surface area contributed by atoms with Gasteiger partial charge in [-0.2, -0.15) is 0 Å². The van der Waals surface area contributed by atoms with Crippen LogP contribution in [0.15, 0.2) is 28.7 Å². The topological polar surface area (TPSA) is 12.0 Å². The van der Waals surface area contributed by atoms with E-state index in [0.29, 0.717) is 16.9 Å². The van der Waals surface area contributed by atoms with E-state index in [-0.39, 0.29) is 0 Å². The molecule has 0 aromatic heterocycles. The summed E-state index contributed by atoms with van der Waals surface area (Å²) in [6.07, 6.45) is 3.82. The van der Waals surface area contributed by atoms with Crippen molar-refractivity contribution in [1.29, 1.82) is 0 Å². The van der Waals surface area contributed by atoms with E-state index in [4.69, 9.17) is 0 Å². The van der Waals surface area contributed by atoms with Crippen LogP contribution in [-0.2, 0) is 0 Å². The minimum Gasteiger partial charge on any atom is -0.382 e. The van der Waals surface area contributed by atoms with E-state index in [2.05, 4.69) is 73.2 Å². The van der Waals surface area contributed by atoms with Gasteiger partial charge in [0.15, 0.2) is 0 Å². The molecule has 1 aliphatic carbocycles. The second kappa shape index (κ2) is 4.88. The van der Waals surface area contributed by atoms with Crippen LogP contribution >= 0.6 is 15.9 Å². The van der Waals surface area contributed by atoms with E-state index in [0.717, 1.165) is 4.47 Å². The van der Waals surface area contributed by atoms with Crippen molar-refractivity contribution < 1.29 is 0 Å². The summed E-state index contributed by atoms with van der Waals surface area (Å²) in [4.78, 5) is 0. The van der Waals surface area contributed by atoms with E-state index in [1.165, 1.54) is 24.9 Å². The summed E-state index contributed by atoms with van der Waals surface area (Å²) in [5, 5.41) is 3.70. The van der Waals surface area contributed by atoms with Crippen molar-refractivity contribution in [2.24, 2.45) is 10.8 Å². The van der Waals surface area contributed by atoms with Gasteiger partial charge in [-0.05, 0) is 48.3 Å². The fraction of sp³-hybridized carbons (Fsp3) is 0.625. The van der Waals surface area contributed by atoms with Gasteiger partial charge in [-0.3, -0.25) is 0 Å². The van der Waals surface area contributed by atoms with Crippen LogP contribution in [0.2, 0.25) is 0 Å². The molecule has 1 aliphatic rings. The van der Waals surface area contributed by atoms with E-state index in [1.807, 2.05) is 0 Å². The van der Waals surface area contributed by atoms with Gasteiger partial charge < -0.3 is 5.32 Å². The Kier molecular flexibility index (Phi) is 3.77. The number of hydrogen-bond donors (Lipinski definition) is 1. The summed E-state index contributed by atoms with van der Waals surface area (Å²) in [5.74, 6) is 0. The highest BCUT2D eigenvalue weighted by atomic mass is 79.9. The van der Waals surface area contributed by atoms with Crippen LogP contribution in [0.4, 0.5) is 5.69 Å². The van der Waals surface area contributed by atoms with Crippen molar-refractivity contribution in [3.05, 3.63) is 28.7 Å². The van der Waals surface area contributed by atoms with Crippen molar-refractivity contribution in [3.63, 3.8) is 0 Å². The van der Waals surface area contributed by atoms with Crippen LogP contribution < -0.4 is 5.32 Å². The lowest BCUT2D eigenvalue weighted by Crippen LogP contribution is -2.40. The fourth-order valence-corrected chi connectivity index (χ4v) is 4.16. The lowest BCUT2D eigenvalue weighted by atomic mass is 9.63. The van der Waals surface area contributed by atoms with Gasteiger partial charge in [0.1, 0.15) is 0 Å². The standard InChI is InChI=1S/C16H24BrN/c1-15(2)9-14(10-16(3,4)11-15)18-13-7-5-6-12(17)8-13/h5-8,14,18H,9-11H2,1-4H3. The van der Waals surface area contributed by atoms with Crippen LogP contribution in [0.1, 0.15) is 47.0 Å². The number of nitrogens with one attached hydrogen (secondary N) is 1. The average molecular weight is 310 g/mol. The molecule has 1 N–H and O–H groups in total. The minimum atomic E-state index is 0.436. The fourth-order valence-electron chi connectivity index (χ4n) is 3.76. The molecule has 18 heavy (non-hydrogen) atoms. The molecule has 1 aromatic rings. The summed E-state index contributed by atoms with van der Waals surface area (Å²) >= 11 is 3.53. The first-order valence-corrected chi connectivity index (χ1v) is 7.57. The van der Waals surface area contributed by atoms with Gasteiger partial charge >= 0.3 is 0 Å². The van der Waals surface area contributed by atoms with Crippen LogP contribution in [0, 0.1) is 10.8 Å². The zero-order valence-electron chi connectivity index (χ0n) is 11.9. The van der Waals surface area contributed by atoms with Gasteiger partial charge in [0.25, 0.3) is 0 Å². The molecule has 0 unspecified atom stereocenters. The molecule has 0 radical (unpaired) electrons. The lowest BCUT2D eigenvalue weighted by Gasteiger charge is -2.45. The Hall–Kier alpha value is -0.500. The molecule has 0 atom stereocenters. The van der Waals surface area contributed by atoms with Gasteiger partial charge in [-0.1, -0.05) is 49.7 Å². The summed E-state index contributed by atoms with van der Waals surface area (Å²) in [7, 11) is 0. The molecular formula is C16H24BrN. The molecule has 1 saturated carbocycles. The van der Waals surface area contributed by atoms with Crippen molar-refractivity contribution in [2.75, 3.05) is 5.32 Å². The minimum absolute atomic E-state index is 0.436. The number of benzene rings is 1. The second-order valence-corrected chi connectivity index (χ2v) is 8.18. The predicted molar refractivity (Wildman–Crippen MR) is 83.0 cm³/mol. The second-order valence-electron chi connectivity index (χ2n) is 7.27. The van der Waals surface area contributed by atoms with E-state index < -0.39 is 0 Å².